The first-order chi connectivity index (χ1) is 6.65. The third-order valence-electron chi connectivity index (χ3n) is 1.63. The normalized spacial score (nSPS) is 9.93. The van der Waals surface area contributed by atoms with Crippen molar-refractivity contribution in [3.8, 4) is 6.07 Å². The molecule has 0 fully saturated rings. The molecule has 1 heterocycles. The maximum Gasteiger partial charge on any atom is 0.147 e. The quantitative estimate of drug-likeness (QED) is 0.606. The highest BCUT2D eigenvalue weighted by atomic mass is 35.5. The van der Waals surface area contributed by atoms with E-state index in [-0.39, 0.29) is 22.5 Å². The Hall–Kier alpha value is -0.200. The first-order valence-corrected chi connectivity index (χ1v) is 5.37. The van der Waals surface area contributed by atoms with E-state index >= 15 is 0 Å². The lowest BCUT2D eigenvalue weighted by molar-refractivity contribution is 1.13. The van der Waals surface area contributed by atoms with Crippen LogP contribution in [-0.4, -0.2) is 4.98 Å². The largest absolute Gasteiger partial charge is 0.237 e. The Kier molecular flexibility index (Phi) is 4.28. The van der Waals surface area contributed by atoms with Gasteiger partial charge in [-0.2, -0.15) is 5.26 Å². The summed E-state index contributed by atoms with van der Waals surface area (Å²) in [7, 11) is 0. The van der Waals surface area contributed by atoms with Crippen LogP contribution in [0.2, 0.25) is 10.2 Å². The minimum atomic E-state index is 0.0863. The van der Waals surface area contributed by atoms with Gasteiger partial charge in [0.1, 0.15) is 11.2 Å². The second kappa shape index (κ2) is 5.04. The number of halogens is 4. The van der Waals surface area contributed by atoms with Gasteiger partial charge in [-0.05, 0) is 0 Å². The molecule has 0 atom stereocenters. The van der Waals surface area contributed by atoms with Crippen molar-refractivity contribution in [2.24, 2.45) is 0 Å². The van der Waals surface area contributed by atoms with Crippen LogP contribution in [0.15, 0.2) is 0 Å². The van der Waals surface area contributed by atoms with Crippen molar-refractivity contribution < 1.29 is 0 Å². The molecule has 1 rings (SSSR count). The highest BCUT2D eigenvalue weighted by Crippen LogP contribution is 2.29. The third kappa shape index (κ3) is 2.07. The number of nitriles is 1. The number of pyridine rings is 1. The van der Waals surface area contributed by atoms with E-state index in [0.29, 0.717) is 16.3 Å². The molecule has 6 heteroatoms. The van der Waals surface area contributed by atoms with Crippen molar-refractivity contribution in [2.45, 2.75) is 11.8 Å². The summed E-state index contributed by atoms with van der Waals surface area (Å²) in [5, 5.41) is 9.20. The molecule has 0 aliphatic rings. The van der Waals surface area contributed by atoms with Crippen LogP contribution >= 0.6 is 46.4 Å². The van der Waals surface area contributed by atoms with Gasteiger partial charge in [-0.25, -0.2) is 4.98 Å². The monoisotopic (exact) mass is 268 g/mol. The molecule has 0 amide bonds. The lowest BCUT2D eigenvalue weighted by atomic mass is 10.1. The summed E-state index contributed by atoms with van der Waals surface area (Å²) >= 11 is 22.9. The second-order valence-corrected chi connectivity index (χ2v) is 3.67. The van der Waals surface area contributed by atoms with Crippen molar-refractivity contribution in [1.29, 1.82) is 5.26 Å². The van der Waals surface area contributed by atoms with Crippen LogP contribution in [0.1, 0.15) is 16.8 Å². The predicted octanol–water partition coefficient (Wildman–Crippen LogP) is 3.74. The zero-order valence-corrected chi connectivity index (χ0v) is 9.84. The molecule has 1 aromatic heterocycles. The van der Waals surface area contributed by atoms with Crippen LogP contribution in [-0.2, 0) is 11.8 Å². The smallest absolute Gasteiger partial charge is 0.147 e. The maximum absolute atomic E-state index is 8.79. The SMILES string of the molecule is N#Cc1c(Cl)nc(CCl)c(Cl)c1CCl. The molecule has 0 saturated heterocycles. The number of hydrogen-bond donors (Lipinski definition) is 0. The standard InChI is InChI=1S/C8H4Cl4N2/c9-1-4-5(3-13)8(12)14-6(2-10)7(4)11/h1-2H2. The zero-order chi connectivity index (χ0) is 10.7. The molecule has 2 nitrogen and oxygen atoms in total. The number of hydrogen-bond acceptors (Lipinski definition) is 2. The summed E-state index contributed by atoms with van der Waals surface area (Å²) in [5.41, 5.74) is 1.13. The molecule has 0 unspecified atom stereocenters. The first-order valence-electron chi connectivity index (χ1n) is 3.54. The van der Waals surface area contributed by atoms with Crippen LogP contribution < -0.4 is 0 Å². The topological polar surface area (TPSA) is 36.7 Å². The molecule has 1 aromatic rings. The van der Waals surface area contributed by atoms with Gasteiger partial charge in [-0.15, -0.1) is 23.2 Å². The minimum absolute atomic E-state index is 0.0863. The molecule has 0 bridgehead atoms. The van der Waals surface area contributed by atoms with Gasteiger partial charge in [-0.3, -0.25) is 0 Å². The van der Waals surface area contributed by atoms with E-state index in [9.17, 15) is 0 Å². The lowest BCUT2D eigenvalue weighted by Crippen LogP contribution is -1.98. The van der Waals surface area contributed by atoms with Crippen LogP contribution in [0.25, 0.3) is 0 Å². The third-order valence-corrected chi connectivity index (χ3v) is 2.87. The van der Waals surface area contributed by atoms with Crippen LogP contribution in [0, 0.1) is 11.3 Å². The van der Waals surface area contributed by atoms with Crippen molar-refractivity contribution >= 4 is 46.4 Å². The minimum Gasteiger partial charge on any atom is -0.237 e. The van der Waals surface area contributed by atoms with E-state index in [2.05, 4.69) is 4.98 Å². The lowest BCUT2D eigenvalue weighted by Gasteiger charge is -2.07. The molecule has 0 radical (unpaired) electrons. The van der Waals surface area contributed by atoms with E-state index in [1.165, 1.54) is 0 Å². The van der Waals surface area contributed by atoms with Gasteiger partial charge in [-0.1, -0.05) is 23.2 Å². The van der Waals surface area contributed by atoms with Gasteiger partial charge in [0.2, 0.25) is 0 Å². The van der Waals surface area contributed by atoms with Gasteiger partial charge < -0.3 is 0 Å². The molecule has 0 N–H and O–H groups in total. The Morgan fingerprint density at radius 2 is 1.86 bits per heavy atom. The number of aromatic nitrogens is 1. The summed E-state index contributed by atoms with van der Waals surface area (Å²) in [6, 6.07) is 1.90. The van der Waals surface area contributed by atoms with E-state index < -0.39 is 0 Å². The molecular weight excluding hydrogens is 266 g/mol. The van der Waals surface area contributed by atoms with Crippen molar-refractivity contribution in [3.05, 3.63) is 27.0 Å². The van der Waals surface area contributed by atoms with Crippen LogP contribution in [0.3, 0.4) is 0 Å². The Bertz CT molecular complexity index is 397. The summed E-state index contributed by atoms with van der Waals surface area (Å²) in [4.78, 5) is 3.89. The average molecular weight is 270 g/mol. The van der Waals surface area contributed by atoms with Gasteiger partial charge in [0.25, 0.3) is 0 Å². The Morgan fingerprint density at radius 1 is 1.21 bits per heavy atom. The number of alkyl halides is 2. The molecule has 0 aliphatic carbocycles. The van der Waals surface area contributed by atoms with Crippen LogP contribution in [0.4, 0.5) is 0 Å². The van der Waals surface area contributed by atoms with Crippen molar-refractivity contribution in [2.75, 3.05) is 0 Å². The molecule has 0 saturated carbocycles. The Labute approximate surface area is 101 Å². The summed E-state index contributed by atoms with van der Waals surface area (Å²) in [6.07, 6.45) is 0. The van der Waals surface area contributed by atoms with E-state index in [1.54, 1.807) is 0 Å². The fourth-order valence-electron chi connectivity index (χ4n) is 0.960. The summed E-state index contributed by atoms with van der Waals surface area (Å²) in [6.45, 7) is 0. The molecular formula is C8H4Cl4N2. The molecule has 0 aliphatic heterocycles. The summed E-state index contributed by atoms with van der Waals surface area (Å²) in [5.74, 6) is 0.238. The molecule has 0 spiro atoms. The van der Waals surface area contributed by atoms with Gasteiger partial charge in [0.05, 0.1) is 28.0 Å². The highest BCUT2D eigenvalue weighted by molar-refractivity contribution is 6.35. The van der Waals surface area contributed by atoms with Crippen molar-refractivity contribution in [1.82, 2.24) is 4.98 Å². The van der Waals surface area contributed by atoms with E-state index in [0.717, 1.165) is 0 Å². The number of nitrogens with zero attached hydrogens (tertiary/aromatic N) is 2. The van der Waals surface area contributed by atoms with E-state index in [4.69, 9.17) is 51.7 Å². The Morgan fingerprint density at radius 3 is 2.29 bits per heavy atom. The van der Waals surface area contributed by atoms with Gasteiger partial charge in [0, 0.05) is 5.56 Å². The average Bonchev–Trinajstić information content (AvgIpc) is 2.20. The first kappa shape index (κ1) is 11.9. The maximum atomic E-state index is 8.79. The highest BCUT2D eigenvalue weighted by Gasteiger charge is 2.15. The molecule has 74 valence electrons. The van der Waals surface area contributed by atoms with Crippen molar-refractivity contribution in [3.63, 3.8) is 0 Å². The van der Waals surface area contributed by atoms with E-state index in [1.807, 2.05) is 6.07 Å². The summed E-state index contributed by atoms with van der Waals surface area (Å²) < 4.78 is 0. The molecule has 14 heavy (non-hydrogen) atoms. The van der Waals surface area contributed by atoms with Gasteiger partial charge >= 0.3 is 0 Å². The van der Waals surface area contributed by atoms with Gasteiger partial charge in [0.15, 0.2) is 0 Å². The van der Waals surface area contributed by atoms with Crippen LogP contribution in [0.5, 0.6) is 0 Å². The number of rotatable bonds is 2. The predicted molar refractivity (Wildman–Crippen MR) is 58.1 cm³/mol. The fourth-order valence-corrected chi connectivity index (χ4v) is 2.09. The second-order valence-electron chi connectivity index (χ2n) is 2.40. The zero-order valence-electron chi connectivity index (χ0n) is 6.82. The molecule has 0 aromatic carbocycles. The fraction of sp³-hybridized carbons (Fsp3) is 0.250. The Balaban J connectivity index is 3.50.